The molecule has 0 aliphatic carbocycles. The topological polar surface area (TPSA) is 63.0 Å². The third-order valence-electron chi connectivity index (χ3n) is 4.81. The lowest BCUT2D eigenvalue weighted by atomic mass is 10.1. The van der Waals surface area contributed by atoms with Crippen LogP contribution in [0, 0.1) is 0 Å². The van der Waals surface area contributed by atoms with E-state index < -0.39 is 5.60 Å². The van der Waals surface area contributed by atoms with Crippen LogP contribution >= 0.6 is 15.9 Å². The van der Waals surface area contributed by atoms with Crippen molar-refractivity contribution in [3.63, 3.8) is 0 Å². The summed E-state index contributed by atoms with van der Waals surface area (Å²) < 4.78 is 8.11. The van der Waals surface area contributed by atoms with Gasteiger partial charge < -0.3 is 14.5 Å². The van der Waals surface area contributed by atoms with Crippen LogP contribution in [0.15, 0.2) is 47.3 Å². The van der Waals surface area contributed by atoms with Crippen LogP contribution in [0.4, 0.5) is 10.5 Å². The van der Waals surface area contributed by atoms with E-state index in [-0.39, 0.29) is 6.09 Å². The fourth-order valence-corrected chi connectivity index (χ4v) is 3.71. The minimum atomic E-state index is -0.464. The number of ether oxygens (including phenoxy) is 1. The van der Waals surface area contributed by atoms with Gasteiger partial charge in [-0.15, -0.1) is 0 Å². The van der Waals surface area contributed by atoms with Crippen molar-refractivity contribution in [2.75, 3.05) is 31.1 Å². The quantitative estimate of drug-likeness (QED) is 0.576. The number of carbonyl (C=O) groups is 1. The number of benzene rings is 1. The smallest absolute Gasteiger partial charge is 0.410 e. The second-order valence-corrected chi connectivity index (χ2v) is 8.96. The fourth-order valence-electron chi connectivity index (χ4n) is 3.33. The number of nitrogens with zero attached hydrogens (tertiary/aromatic N) is 5. The lowest BCUT2D eigenvalue weighted by Crippen LogP contribution is -2.50. The van der Waals surface area contributed by atoms with Gasteiger partial charge in [0.1, 0.15) is 5.60 Å². The molecular weight excluding hydrogens is 434 g/mol. The van der Waals surface area contributed by atoms with Crippen molar-refractivity contribution in [2.45, 2.75) is 26.4 Å². The van der Waals surface area contributed by atoms with Gasteiger partial charge in [0, 0.05) is 49.8 Å². The third-order valence-corrected chi connectivity index (χ3v) is 5.37. The minimum Gasteiger partial charge on any atom is -0.444 e. The first-order valence-electron chi connectivity index (χ1n) is 9.62. The number of anilines is 1. The molecule has 152 valence electrons. The first kappa shape index (κ1) is 19.7. The van der Waals surface area contributed by atoms with Crippen LogP contribution < -0.4 is 4.90 Å². The Morgan fingerprint density at radius 3 is 2.38 bits per heavy atom. The SMILES string of the molecule is CC(C)(C)OC(=O)N1CCN(c2ccc(-c3cnc4c(Br)cnn4c3)cc2)CC1. The Morgan fingerprint density at radius 1 is 1.03 bits per heavy atom. The summed E-state index contributed by atoms with van der Waals surface area (Å²) in [5.74, 6) is 0. The van der Waals surface area contributed by atoms with Crippen LogP contribution in [-0.4, -0.2) is 57.4 Å². The highest BCUT2D eigenvalue weighted by atomic mass is 79.9. The van der Waals surface area contributed by atoms with E-state index in [9.17, 15) is 4.79 Å². The number of fused-ring (bicyclic) bond motifs is 1. The maximum Gasteiger partial charge on any atom is 0.410 e. The van der Waals surface area contributed by atoms with Crippen molar-refractivity contribution >= 4 is 33.4 Å². The van der Waals surface area contributed by atoms with E-state index in [2.05, 4.69) is 55.2 Å². The Hall–Kier alpha value is -2.61. The molecule has 0 atom stereocenters. The third kappa shape index (κ3) is 4.37. The molecule has 4 rings (SSSR count). The predicted octanol–water partition coefficient (Wildman–Crippen LogP) is 4.22. The van der Waals surface area contributed by atoms with Crippen molar-refractivity contribution in [3.05, 3.63) is 47.3 Å². The maximum atomic E-state index is 12.2. The van der Waals surface area contributed by atoms with Crippen LogP contribution in [0.25, 0.3) is 16.8 Å². The zero-order valence-electron chi connectivity index (χ0n) is 16.8. The molecule has 0 saturated carbocycles. The lowest BCUT2D eigenvalue weighted by molar-refractivity contribution is 0.0240. The van der Waals surface area contributed by atoms with E-state index in [0.717, 1.165) is 40.0 Å². The largest absolute Gasteiger partial charge is 0.444 e. The van der Waals surface area contributed by atoms with Crippen LogP contribution in [0.5, 0.6) is 0 Å². The summed E-state index contributed by atoms with van der Waals surface area (Å²) in [6.45, 7) is 8.56. The van der Waals surface area contributed by atoms with Crippen molar-refractivity contribution < 1.29 is 9.53 Å². The second-order valence-electron chi connectivity index (χ2n) is 8.10. The van der Waals surface area contributed by atoms with Gasteiger partial charge in [-0.3, -0.25) is 0 Å². The summed E-state index contributed by atoms with van der Waals surface area (Å²) in [7, 11) is 0. The van der Waals surface area contributed by atoms with Crippen LogP contribution in [0.1, 0.15) is 20.8 Å². The Morgan fingerprint density at radius 2 is 1.72 bits per heavy atom. The van der Waals surface area contributed by atoms with Crippen molar-refractivity contribution in [3.8, 4) is 11.1 Å². The Labute approximate surface area is 178 Å². The molecule has 1 aliphatic rings. The number of amides is 1. The Bertz CT molecular complexity index is 1020. The zero-order chi connectivity index (χ0) is 20.6. The van der Waals surface area contributed by atoms with Crippen LogP contribution in [-0.2, 0) is 4.74 Å². The molecule has 1 aliphatic heterocycles. The zero-order valence-corrected chi connectivity index (χ0v) is 18.4. The first-order chi connectivity index (χ1) is 13.8. The van der Waals surface area contributed by atoms with Gasteiger partial charge in [0.15, 0.2) is 5.65 Å². The van der Waals surface area contributed by atoms with Gasteiger partial charge in [-0.25, -0.2) is 14.3 Å². The predicted molar refractivity (Wildman–Crippen MR) is 116 cm³/mol. The molecule has 29 heavy (non-hydrogen) atoms. The molecule has 0 N–H and O–H groups in total. The van der Waals surface area contributed by atoms with Gasteiger partial charge in [0.25, 0.3) is 0 Å². The second kappa shape index (κ2) is 7.67. The number of halogens is 1. The molecule has 0 bridgehead atoms. The van der Waals surface area contributed by atoms with Gasteiger partial charge in [0.2, 0.25) is 0 Å². The van der Waals surface area contributed by atoms with Crippen LogP contribution in [0.3, 0.4) is 0 Å². The molecule has 1 amide bonds. The van der Waals surface area contributed by atoms with E-state index in [0.29, 0.717) is 13.1 Å². The molecule has 1 fully saturated rings. The molecule has 0 unspecified atom stereocenters. The van der Waals surface area contributed by atoms with E-state index in [1.54, 1.807) is 15.6 Å². The fraction of sp³-hybridized carbons (Fsp3) is 0.381. The van der Waals surface area contributed by atoms with Crippen molar-refractivity contribution in [2.24, 2.45) is 0 Å². The Kier molecular flexibility index (Phi) is 5.21. The van der Waals surface area contributed by atoms with Crippen molar-refractivity contribution in [1.82, 2.24) is 19.5 Å². The number of hydrogen-bond acceptors (Lipinski definition) is 5. The number of rotatable bonds is 2. The molecule has 3 aromatic rings. The molecule has 0 radical (unpaired) electrons. The van der Waals surface area contributed by atoms with Gasteiger partial charge in [-0.1, -0.05) is 12.1 Å². The maximum absolute atomic E-state index is 12.2. The molecule has 3 heterocycles. The summed E-state index contributed by atoms with van der Waals surface area (Å²) in [6.07, 6.45) is 5.34. The molecule has 1 aromatic carbocycles. The lowest BCUT2D eigenvalue weighted by Gasteiger charge is -2.36. The highest BCUT2D eigenvalue weighted by Crippen LogP contribution is 2.25. The molecular formula is C21H24BrN5O2. The summed E-state index contributed by atoms with van der Waals surface area (Å²) in [4.78, 5) is 20.8. The van der Waals surface area contributed by atoms with E-state index in [1.165, 1.54) is 0 Å². The Balaban J connectivity index is 1.41. The number of piperazine rings is 1. The summed E-state index contributed by atoms with van der Waals surface area (Å²) in [5.41, 5.74) is 3.58. The normalized spacial score (nSPS) is 15.0. The van der Waals surface area contributed by atoms with Gasteiger partial charge >= 0.3 is 6.09 Å². The number of aromatic nitrogens is 3. The van der Waals surface area contributed by atoms with Crippen LogP contribution in [0.2, 0.25) is 0 Å². The van der Waals surface area contributed by atoms with Gasteiger partial charge in [-0.2, -0.15) is 5.10 Å². The molecule has 0 spiro atoms. The van der Waals surface area contributed by atoms with E-state index >= 15 is 0 Å². The average molecular weight is 458 g/mol. The number of carbonyl (C=O) groups excluding carboxylic acids is 1. The standard InChI is InChI=1S/C21H24BrN5O2/c1-21(2,3)29-20(28)26-10-8-25(9-11-26)17-6-4-15(5-7-17)16-12-23-19-18(22)13-24-27(19)14-16/h4-7,12-14H,8-11H2,1-3H3. The monoisotopic (exact) mass is 457 g/mol. The average Bonchev–Trinajstić information content (AvgIpc) is 3.07. The molecule has 2 aromatic heterocycles. The molecule has 8 heteroatoms. The molecule has 7 nitrogen and oxygen atoms in total. The highest BCUT2D eigenvalue weighted by Gasteiger charge is 2.25. The summed E-state index contributed by atoms with van der Waals surface area (Å²) >= 11 is 3.44. The first-order valence-corrected chi connectivity index (χ1v) is 10.4. The highest BCUT2D eigenvalue weighted by molar-refractivity contribution is 9.10. The van der Waals surface area contributed by atoms with Gasteiger partial charge in [-0.05, 0) is 54.4 Å². The van der Waals surface area contributed by atoms with Gasteiger partial charge in [0.05, 0.1) is 10.7 Å². The van der Waals surface area contributed by atoms with E-state index in [1.807, 2.05) is 33.2 Å². The molecule has 1 saturated heterocycles. The minimum absolute atomic E-state index is 0.236. The van der Waals surface area contributed by atoms with E-state index in [4.69, 9.17) is 4.74 Å². The summed E-state index contributed by atoms with van der Waals surface area (Å²) in [6, 6.07) is 8.41. The van der Waals surface area contributed by atoms with Crippen molar-refractivity contribution in [1.29, 1.82) is 0 Å². The number of hydrogen-bond donors (Lipinski definition) is 0. The summed E-state index contributed by atoms with van der Waals surface area (Å²) in [5, 5.41) is 4.30.